The van der Waals surface area contributed by atoms with E-state index in [9.17, 15) is 19.5 Å². The molecule has 9 heteroatoms. The molecule has 0 radical (unpaired) electrons. The topological polar surface area (TPSA) is 99.6 Å². The van der Waals surface area contributed by atoms with Crippen LogP contribution in [0.4, 0.5) is 5.69 Å². The molecule has 3 aliphatic heterocycles. The molecule has 3 fully saturated rings. The number of ether oxygens (including phenoxy) is 2. The van der Waals surface area contributed by atoms with Crippen molar-refractivity contribution in [3.05, 3.63) is 49.6 Å². The Labute approximate surface area is 256 Å². The van der Waals surface area contributed by atoms with Crippen LogP contribution in [0, 0.1) is 17.8 Å². The molecule has 4 rings (SSSR count). The molecule has 1 aromatic carbocycles. The third-order valence-electron chi connectivity index (χ3n) is 9.30. The smallest absolute Gasteiger partial charge is 0.248 e. The number of rotatable bonds is 16. The van der Waals surface area contributed by atoms with Gasteiger partial charge in [-0.25, -0.2) is 0 Å². The van der Waals surface area contributed by atoms with Crippen LogP contribution in [-0.4, -0.2) is 89.3 Å². The second-order valence-electron chi connectivity index (χ2n) is 12.2. The summed E-state index contributed by atoms with van der Waals surface area (Å²) in [6.07, 6.45) is 6.80. The molecule has 3 saturated heterocycles. The summed E-state index contributed by atoms with van der Waals surface area (Å²) in [5.74, 6) is -1.70. The summed E-state index contributed by atoms with van der Waals surface area (Å²) >= 11 is 0. The van der Waals surface area contributed by atoms with Gasteiger partial charge in [0.1, 0.15) is 17.4 Å². The van der Waals surface area contributed by atoms with E-state index >= 15 is 0 Å². The second-order valence-corrected chi connectivity index (χ2v) is 12.2. The van der Waals surface area contributed by atoms with Gasteiger partial charge in [0, 0.05) is 25.3 Å². The highest BCUT2D eigenvalue weighted by atomic mass is 16.5. The van der Waals surface area contributed by atoms with Gasteiger partial charge in [0.05, 0.1) is 37.2 Å². The monoisotopic (exact) mass is 595 g/mol. The van der Waals surface area contributed by atoms with Crippen LogP contribution in [-0.2, 0) is 19.1 Å². The predicted molar refractivity (Wildman–Crippen MR) is 167 cm³/mol. The highest BCUT2D eigenvalue weighted by molar-refractivity contribution is 6.03. The third kappa shape index (κ3) is 5.98. The Kier molecular flexibility index (Phi) is 10.7. The fourth-order valence-corrected chi connectivity index (χ4v) is 7.32. The predicted octanol–water partition coefficient (Wildman–Crippen LogP) is 4.20. The lowest BCUT2D eigenvalue weighted by Gasteiger charge is -2.40. The highest BCUT2D eigenvalue weighted by Crippen LogP contribution is 2.59. The number of hydrogen-bond acceptors (Lipinski definition) is 6. The summed E-state index contributed by atoms with van der Waals surface area (Å²) in [5, 5.41) is 10.5. The van der Waals surface area contributed by atoms with Crippen LogP contribution in [0.15, 0.2) is 49.6 Å². The molecule has 6 atom stereocenters. The number of carbonyl (C=O) groups excluding carboxylic acids is 3. The van der Waals surface area contributed by atoms with Gasteiger partial charge >= 0.3 is 0 Å². The van der Waals surface area contributed by atoms with Gasteiger partial charge in [0.25, 0.3) is 0 Å². The van der Waals surface area contributed by atoms with Crippen molar-refractivity contribution in [3.63, 3.8) is 0 Å². The van der Waals surface area contributed by atoms with Gasteiger partial charge in [0.15, 0.2) is 0 Å². The summed E-state index contributed by atoms with van der Waals surface area (Å²) in [6, 6.07) is 5.78. The Balaban J connectivity index is 1.75. The number of hydrogen-bond donors (Lipinski definition) is 1. The van der Waals surface area contributed by atoms with Gasteiger partial charge in [0.2, 0.25) is 17.7 Å². The molecule has 1 spiro atoms. The largest absolute Gasteiger partial charge is 0.494 e. The van der Waals surface area contributed by atoms with Crippen molar-refractivity contribution in [2.45, 2.75) is 83.6 Å². The Bertz CT molecular complexity index is 1170. The molecule has 3 heterocycles. The van der Waals surface area contributed by atoms with Gasteiger partial charge in [-0.3, -0.25) is 14.4 Å². The quantitative estimate of drug-likeness (QED) is 0.227. The number of amides is 3. The van der Waals surface area contributed by atoms with E-state index in [0.29, 0.717) is 44.0 Å². The first kappa shape index (κ1) is 32.7. The standard InChI is InChI=1S/C34H49N3O6/c1-7-11-12-21-35(19-8-2)33(41)30-34-18-17-27(43-34)28(29(34)32(40)37(30)26(22-38)23(5)6)31(39)36(20-9-3)24-13-15-25(16-14-24)42-10-4/h8-9,13-16,23,26-30,38H,2-3,7,10-12,17-22H2,1,4-6H3/t26-,27-,28+,29-,30?,34?/m0/s1. The van der Waals surface area contributed by atoms with E-state index in [1.165, 1.54) is 0 Å². The van der Waals surface area contributed by atoms with Crippen molar-refractivity contribution in [2.24, 2.45) is 17.8 Å². The molecular formula is C34H49N3O6. The minimum atomic E-state index is -1.13. The van der Waals surface area contributed by atoms with Crippen molar-refractivity contribution in [3.8, 4) is 5.75 Å². The van der Waals surface area contributed by atoms with Crippen molar-refractivity contribution in [2.75, 3.05) is 37.7 Å². The van der Waals surface area contributed by atoms with Crippen molar-refractivity contribution in [1.29, 1.82) is 0 Å². The average Bonchev–Trinajstić information content (AvgIpc) is 3.63. The molecule has 3 amide bonds. The number of unbranched alkanes of at least 4 members (excludes halogenated alkanes) is 2. The number of carbonyl (C=O) groups is 3. The van der Waals surface area contributed by atoms with E-state index in [-0.39, 0.29) is 36.8 Å². The van der Waals surface area contributed by atoms with E-state index in [4.69, 9.17) is 9.47 Å². The van der Waals surface area contributed by atoms with Crippen LogP contribution < -0.4 is 9.64 Å². The first-order valence-electron chi connectivity index (χ1n) is 15.9. The Morgan fingerprint density at radius 2 is 1.84 bits per heavy atom. The summed E-state index contributed by atoms with van der Waals surface area (Å²) in [4.78, 5) is 48.4. The lowest BCUT2D eigenvalue weighted by Crippen LogP contribution is -2.59. The van der Waals surface area contributed by atoms with Crippen molar-refractivity contribution >= 4 is 23.4 Å². The number of fused-ring (bicyclic) bond motifs is 1. The molecule has 9 nitrogen and oxygen atoms in total. The molecule has 1 aromatic rings. The lowest BCUT2D eigenvalue weighted by molar-refractivity contribution is -0.152. The molecular weight excluding hydrogens is 546 g/mol. The molecule has 1 N–H and O–H groups in total. The van der Waals surface area contributed by atoms with E-state index < -0.39 is 35.6 Å². The number of nitrogens with zero attached hydrogens (tertiary/aromatic N) is 3. The molecule has 0 aromatic heterocycles. The molecule has 2 bridgehead atoms. The van der Waals surface area contributed by atoms with E-state index in [2.05, 4.69) is 20.1 Å². The maximum absolute atomic E-state index is 14.5. The summed E-state index contributed by atoms with van der Waals surface area (Å²) in [5.41, 5.74) is -0.465. The van der Waals surface area contributed by atoms with Gasteiger partial charge in [-0.1, -0.05) is 45.8 Å². The highest BCUT2D eigenvalue weighted by Gasteiger charge is 2.75. The summed E-state index contributed by atoms with van der Waals surface area (Å²) in [7, 11) is 0. The van der Waals surface area contributed by atoms with Crippen LogP contribution in [0.25, 0.3) is 0 Å². The van der Waals surface area contributed by atoms with Gasteiger partial charge in [-0.2, -0.15) is 0 Å². The van der Waals surface area contributed by atoms with E-state index in [1.54, 1.807) is 26.9 Å². The molecule has 236 valence electrons. The zero-order valence-electron chi connectivity index (χ0n) is 26.2. The summed E-state index contributed by atoms with van der Waals surface area (Å²) in [6.45, 7) is 17.0. The zero-order valence-corrected chi connectivity index (χ0v) is 26.2. The molecule has 43 heavy (non-hydrogen) atoms. The van der Waals surface area contributed by atoms with Crippen LogP contribution in [0.1, 0.15) is 59.8 Å². The minimum absolute atomic E-state index is 0.111. The SMILES string of the molecule is C=CCN(CCCCC)C(=O)C1N([C@@H](CO)C(C)C)C(=O)[C@@H]2[C@H](C(=O)N(CC=C)c3ccc(OCC)cc3)[C@@H]3CCC12O3. The lowest BCUT2D eigenvalue weighted by atomic mass is 9.70. The number of aliphatic hydroxyl groups excluding tert-OH is 1. The Morgan fingerprint density at radius 1 is 1.14 bits per heavy atom. The van der Waals surface area contributed by atoms with Crippen molar-refractivity contribution in [1.82, 2.24) is 9.80 Å². The maximum Gasteiger partial charge on any atom is 0.248 e. The van der Waals surface area contributed by atoms with Crippen LogP contribution in [0.2, 0.25) is 0 Å². The number of anilines is 1. The molecule has 2 unspecified atom stereocenters. The second kappa shape index (κ2) is 14.1. The van der Waals surface area contributed by atoms with Crippen LogP contribution in [0.5, 0.6) is 5.75 Å². The average molecular weight is 596 g/mol. The normalized spacial score (nSPS) is 26.4. The first-order valence-corrected chi connectivity index (χ1v) is 15.9. The van der Waals surface area contributed by atoms with Crippen LogP contribution >= 0.6 is 0 Å². The Hall–Kier alpha value is -3.17. The fourth-order valence-electron chi connectivity index (χ4n) is 7.32. The Morgan fingerprint density at radius 3 is 2.42 bits per heavy atom. The van der Waals surface area contributed by atoms with Crippen LogP contribution in [0.3, 0.4) is 0 Å². The summed E-state index contributed by atoms with van der Waals surface area (Å²) < 4.78 is 12.3. The maximum atomic E-state index is 14.5. The minimum Gasteiger partial charge on any atom is -0.494 e. The zero-order chi connectivity index (χ0) is 31.3. The third-order valence-corrected chi connectivity index (χ3v) is 9.30. The number of aliphatic hydroxyl groups is 1. The molecule has 0 saturated carbocycles. The fraction of sp³-hybridized carbons (Fsp3) is 0.618. The number of likely N-dealkylation sites (tertiary alicyclic amines) is 1. The molecule has 0 aliphatic carbocycles. The number of benzene rings is 1. The van der Waals surface area contributed by atoms with Crippen molar-refractivity contribution < 1.29 is 29.0 Å². The van der Waals surface area contributed by atoms with Gasteiger partial charge in [-0.15, -0.1) is 13.2 Å². The van der Waals surface area contributed by atoms with E-state index in [1.807, 2.05) is 45.0 Å². The van der Waals surface area contributed by atoms with E-state index in [0.717, 1.165) is 19.3 Å². The van der Waals surface area contributed by atoms with Gasteiger partial charge in [-0.05, 0) is 56.4 Å². The van der Waals surface area contributed by atoms with Gasteiger partial charge < -0.3 is 29.3 Å². The first-order chi connectivity index (χ1) is 20.7. The molecule has 3 aliphatic rings.